The summed E-state index contributed by atoms with van der Waals surface area (Å²) in [6, 6.07) is 13.0. The Labute approximate surface area is 228 Å². The number of amides is 1. The molecule has 3 rings (SSSR count). The van der Waals surface area contributed by atoms with Crippen molar-refractivity contribution in [1.29, 1.82) is 0 Å². The van der Waals surface area contributed by atoms with Crippen LogP contribution in [0.2, 0.25) is 15.1 Å². The lowest BCUT2D eigenvalue weighted by Gasteiger charge is -2.22. The summed E-state index contributed by atoms with van der Waals surface area (Å²) in [5.41, 5.74) is 3.53. The first-order valence-corrected chi connectivity index (χ1v) is 13.4. The summed E-state index contributed by atoms with van der Waals surface area (Å²) < 4.78 is 1.72. The molecule has 1 amide bonds. The highest BCUT2D eigenvalue weighted by Gasteiger charge is 2.25. The van der Waals surface area contributed by atoms with Gasteiger partial charge in [-0.1, -0.05) is 73.3 Å². The predicted octanol–water partition coefficient (Wildman–Crippen LogP) is 7.37. The highest BCUT2D eigenvalue weighted by atomic mass is 35.5. The van der Waals surface area contributed by atoms with Crippen LogP contribution in [0.4, 0.5) is 0 Å². The second-order valence-electron chi connectivity index (χ2n) is 8.74. The molecular weight excluding hydrogens is 515 g/mol. The van der Waals surface area contributed by atoms with Crippen LogP contribution < -0.4 is 10.6 Å². The minimum absolute atomic E-state index is 0.224. The summed E-state index contributed by atoms with van der Waals surface area (Å²) in [5, 5.41) is 12.9. The summed E-state index contributed by atoms with van der Waals surface area (Å²) in [6.07, 6.45) is 4.61. The molecule has 0 bridgehead atoms. The molecule has 0 aliphatic rings. The van der Waals surface area contributed by atoms with Crippen molar-refractivity contribution in [2.75, 3.05) is 13.1 Å². The highest BCUT2D eigenvalue weighted by molar-refractivity contribution is 6.35. The third-order valence-corrected chi connectivity index (χ3v) is 7.18. The van der Waals surface area contributed by atoms with E-state index in [1.165, 1.54) is 0 Å². The van der Waals surface area contributed by atoms with Crippen LogP contribution in [0.15, 0.2) is 55.1 Å². The number of nitrogens with zero attached hydrogens (tertiary/aromatic N) is 2. The molecule has 5 nitrogen and oxygen atoms in total. The molecule has 2 N–H and O–H groups in total. The zero-order valence-electron chi connectivity index (χ0n) is 21.0. The summed E-state index contributed by atoms with van der Waals surface area (Å²) >= 11 is 18.8. The van der Waals surface area contributed by atoms with Gasteiger partial charge in [-0.15, -0.1) is 6.58 Å². The number of allylic oxidation sites excluding steroid dienone is 1. The number of carbonyl (C=O) groups excluding carboxylic acids is 1. The van der Waals surface area contributed by atoms with Crippen molar-refractivity contribution in [3.8, 4) is 16.9 Å². The van der Waals surface area contributed by atoms with Gasteiger partial charge in [0.1, 0.15) is 0 Å². The lowest BCUT2D eigenvalue weighted by molar-refractivity contribution is 0.0947. The van der Waals surface area contributed by atoms with Crippen LogP contribution in [0.3, 0.4) is 0 Å². The maximum absolute atomic E-state index is 13.3. The van der Waals surface area contributed by atoms with E-state index in [1.807, 2.05) is 37.3 Å². The maximum Gasteiger partial charge on any atom is 0.272 e. The van der Waals surface area contributed by atoms with Crippen LogP contribution in [-0.4, -0.2) is 34.8 Å². The second kappa shape index (κ2) is 13.3. The van der Waals surface area contributed by atoms with Crippen LogP contribution in [0, 0.1) is 5.92 Å². The standard InChI is InChI=1S/C28H33Cl3N4O/c1-5-8-19(6-2)18(4)32-15-16-33-28(36)26-23(7-3)27(20-9-11-21(29)12-10-20)35(34-26)25-14-13-22(30)17-24(25)31/h5,9-14,17-19,32H,1,6-8,15-16H2,2-4H3,(H,33,36). The van der Waals surface area contributed by atoms with Crippen molar-refractivity contribution in [2.45, 2.75) is 46.1 Å². The van der Waals surface area contributed by atoms with Crippen LogP contribution in [0.5, 0.6) is 0 Å². The Kier molecular flexibility index (Phi) is 10.4. The molecular formula is C28H33Cl3N4O. The van der Waals surface area contributed by atoms with E-state index in [1.54, 1.807) is 22.9 Å². The molecule has 0 radical (unpaired) electrons. The van der Waals surface area contributed by atoms with Gasteiger partial charge in [0.2, 0.25) is 0 Å². The summed E-state index contributed by atoms with van der Waals surface area (Å²) in [4.78, 5) is 13.3. The van der Waals surface area contributed by atoms with Crippen molar-refractivity contribution in [1.82, 2.24) is 20.4 Å². The number of aromatic nitrogens is 2. The topological polar surface area (TPSA) is 58.9 Å². The quantitative estimate of drug-likeness (QED) is 0.184. The van der Waals surface area contributed by atoms with Gasteiger partial charge in [0.25, 0.3) is 5.91 Å². The van der Waals surface area contributed by atoms with Crippen LogP contribution in [0.1, 0.15) is 49.7 Å². The van der Waals surface area contributed by atoms with E-state index in [-0.39, 0.29) is 5.91 Å². The molecule has 0 saturated carbocycles. The van der Waals surface area contributed by atoms with Crippen molar-refractivity contribution < 1.29 is 4.79 Å². The molecule has 0 aliphatic heterocycles. The van der Waals surface area contributed by atoms with Gasteiger partial charge in [-0.3, -0.25) is 4.79 Å². The number of halogens is 3. The van der Waals surface area contributed by atoms with E-state index >= 15 is 0 Å². The molecule has 8 heteroatoms. The average molecular weight is 548 g/mol. The molecule has 36 heavy (non-hydrogen) atoms. The number of benzene rings is 2. The number of hydrogen-bond donors (Lipinski definition) is 2. The van der Waals surface area contributed by atoms with E-state index in [4.69, 9.17) is 39.9 Å². The minimum atomic E-state index is -0.224. The van der Waals surface area contributed by atoms with Crippen molar-refractivity contribution in [3.05, 3.63) is 81.4 Å². The van der Waals surface area contributed by atoms with Crippen molar-refractivity contribution in [3.63, 3.8) is 0 Å². The second-order valence-corrected chi connectivity index (χ2v) is 10.0. The molecule has 0 aliphatic carbocycles. The normalized spacial score (nSPS) is 12.8. The lowest BCUT2D eigenvalue weighted by atomic mass is 9.95. The molecule has 1 heterocycles. The molecule has 0 saturated heterocycles. The molecule has 2 unspecified atom stereocenters. The zero-order chi connectivity index (χ0) is 26.2. The molecule has 2 atom stereocenters. The van der Waals surface area contributed by atoms with Gasteiger partial charge in [-0.05, 0) is 56.0 Å². The van der Waals surface area contributed by atoms with Gasteiger partial charge < -0.3 is 10.6 Å². The molecule has 192 valence electrons. The fourth-order valence-electron chi connectivity index (χ4n) is 4.36. The highest BCUT2D eigenvalue weighted by Crippen LogP contribution is 2.34. The zero-order valence-corrected chi connectivity index (χ0v) is 23.2. The van der Waals surface area contributed by atoms with Crippen molar-refractivity contribution in [2.24, 2.45) is 5.92 Å². The molecule has 1 aromatic heterocycles. The Morgan fingerprint density at radius 1 is 1.08 bits per heavy atom. The van der Waals surface area contributed by atoms with Gasteiger partial charge in [0, 0.05) is 40.3 Å². The number of carbonyl (C=O) groups is 1. The molecule has 3 aromatic rings. The first kappa shape index (κ1) is 28.3. The van der Waals surface area contributed by atoms with Gasteiger partial charge in [-0.2, -0.15) is 5.10 Å². The molecule has 0 spiro atoms. The fourth-order valence-corrected chi connectivity index (χ4v) is 4.98. The van der Waals surface area contributed by atoms with Crippen molar-refractivity contribution >= 4 is 40.7 Å². The van der Waals surface area contributed by atoms with E-state index < -0.39 is 0 Å². The monoisotopic (exact) mass is 546 g/mol. The summed E-state index contributed by atoms with van der Waals surface area (Å²) in [7, 11) is 0. The van der Waals surface area contributed by atoms with Gasteiger partial charge in [-0.25, -0.2) is 4.68 Å². The molecule has 2 aromatic carbocycles. The molecule has 0 fully saturated rings. The third-order valence-electron chi connectivity index (χ3n) is 6.39. The van der Waals surface area contributed by atoms with Gasteiger partial charge in [0.05, 0.1) is 16.4 Å². The number of hydrogen-bond acceptors (Lipinski definition) is 3. The number of rotatable bonds is 12. The summed E-state index contributed by atoms with van der Waals surface area (Å²) in [5.74, 6) is 0.296. The van der Waals surface area contributed by atoms with Crippen LogP contribution in [-0.2, 0) is 6.42 Å². The average Bonchev–Trinajstić information content (AvgIpc) is 3.24. The Hall–Kier alpha value is -2.31. The fraction of sp³-hybridized carbons (Fsp3) is 0.357. The Bertz CT molecular complexity index is 1190. The minimum Gasteiger partial charge on any atom is -0.349 e. The summed E-state index contributed by atoms with van der Waals surface area (Å²) in [6.45, 7) is 11.4. The van der Waals surface area contributed by atoms with E-state index in [0.29, 0.717) is 57.9 Å². The Morgan fingerprint density at radius 3 is 2.39 bits per heavy atom. The largest absolute Gasteiger partial charge is 0.349 e. The first-order chi connectivity index (χ1) is 17.3. The third kappa shape index (κ3) is 6.71. The Balaban J connectivity index is 1.89. The Morgan fingerprint density at radius 2 is 1.78 bits per heavy atom. The van der Waals surface area contributed by atoms with E-state index in [2.05, 4.69) is 31.1 Å². The van der Waals surface area contributed by atoms with Crippen LogP contribution >= 0.6 is 34.8 Å². The van der Waals surface area contributed by atoms with E-state index in [0.717, 1.165) is 29.7 Å². The first-order valence-electron chi connectivity index (χ1n) is 12.3. The van der Waals surface area contributed by atoms with Gasteiger partial charge in [0.15, 0.2) is 5.69 Å². The van der Waals surface area contributed by atoms with Crippen LogP contribution in [0.25, 0.3) is 16.9 Å². The predicted molar refractivity (Wildman–Crippen MR) is 152 cm³/mol. The van der Waals surface area contributed by atoms with Gasteiger partial charge >= 0.3 is 0 Å². The van der Waals surface area contributed by atoms with E-state index in [9.17, 15) is 4.79 Å². The SMILES string of the molecule is C=CCC(CC)C(C)NCCNC(=O)c1nn(-c2ccc(Cl)cc2Cl)c(-c2ccc(Cl)cc2)c1CC. The maximum atomic E-state index is 13.3. The smallest absolute Gasteiger partial charge is 0.272 e. The number of nitrogens with one attached hydrogen (secondary N) is 2. The lowest BCUT2D eigenvalue weighted by Crippen LogP contribution is -2.39.